The molecule has 4 nitrogen and oxygen atoms in total. The summed E-state index contributed by atoms with van der Waals surface area (Å²) >= 11 is 6.96. The third-order valence-corrected chi connectivity index (χ3v) is 2.46. The Labute approximate surface area is 78.0 Å². The van der Waals surface area contributed by atoms with Gasteiger partial charge in [-0.05, 0) is 0 Å². The van der Waals surface area contributed by atoms with E-state index in [0.29, 0.717) is 10.0 Å². The summed E-state index contributed by atoms with van der Waals surface area (Å²) in [7, 11) is 0. The first kappa shape index (κ1) is 9.44. The van der Waals surface area contributed by atoms with Crippen LogP contribution in [0.3, 0.4) is 0 Å². The van der Waals surface area contributed by atoms with Crippen LogP contribution in [0.5, 0.6) is 0 Å². The molecule has 0 spiro atoms. The van der Waals surface area contributed by atoms with Crippen LogP contribution in [0.4, 0.5) is 0 Å². The third kappa shape index (κ3) is 2.17. The highest BCUT2D eigenvalue weighted by molar-refractivity contribution is 7.14. The first-order chi connectivity index (χ1) is 5.61. The van der Waals surface area contributed by atoms with E-state index in [2.05, 4.69) is 4.98 Å². The van der Waals surface area contributed by atoms with E-state index in [1.165, 1.54) is 11.3 Å². The minimum absolute atomic E-state index is 0.178. The number of carbonyl (C=O) groups is 1. The number of thiazole rings is 1. The van der Waals surface area contributed by atoms with Crippen LogP contribution in [0.25, 0.3) is 0 Å². The number of nitrogens with two attached hydrogens (primary N) is 1. The Hall–Kier alpha value is -0.650. The summed E-state index contributed by atoms with van der Waals surface area (Å²) in [6.45, 7) is 0. The molecule has 1 aromatic heterocycles. The van der Waals surface area contributed by atoms with Crippen molar-refractivity contribution in [2.75, 3.05) is 0 Å². The molecular weight excluding hydrogens is 200 g/mol. The second kappa shape index (κ2) is 3.84. The van der Waals surface area contributed by atoms with Gasteiger partial charge in [0.15, 0.2) is 0 Å². The second-order valence-corrected chi connectivity index (χ2v) is 3.68. The fourth-order valence-electron chi connectivity index (χ4n) is 0.684. The van der Waals surface area contributed by atoms with Crippen LogP contribution in [0.15, 0.2) is 5.51 Å². The standard InChI is InChI=1S/C6H7ClN2O2S/c7-5-4(9-2-12-5)1-3(8)6(10)11/h2-3H,1,8H2,(H,10,11). The average Bonchev–Trinajstić information content (AvgIpc) is 2.36. The summed E-state index contributed by atoms with van der Waals surface area (Å²) in [4.78, 5) is 14.2. The van der Waals surface area contributed by atoms with Crippen LogP contribution in [0, 0.1) is 0 Å². The molecule has 0 aromatic carbocycles. The molecule has 66 valence electrons. The largest absolute Gasteiger partial charge is 0.480 e. The number of aliphatic carboxylic acids is 1. The number of carboxylic acid groups (broad SMARTS) is 1. The molecule has 0 saturated heterocycles. The maximum atomic E-state index is 10.3. The van der Waals surface area contributed by atoms with Gasteiger partial charge < -0.3 is 10.8 Å². The van der Waals surface area contributed by atoms with E-state index in [1.807, 2.05) is 0 Å². The monoisotopic (exact) mass is 206 g/mol. The smallest absolute Gasteiger partial charge is 0.320 e. The fourth-order valence-corrected chi connectivity index (χ4v) is 1.47. The topological polar surface area (TPSA) is 76.2 Å². The van der Waals surface area contributed by atoms with Gasteiger partial charge in [-0.3, -0.25) is 4.79 Å². The molecule has 12 heavy (non-hydrogen) atoms. The van der Waals surface area contributed by atoms with Gasteiger partial charge in [0.2, 0.25) is 0 Å². The molecule has 6 heteroatoms. The average molecular weight is 207 g/mol. The third-order valence-electron chi connectivity index (χ3n) is 1.32. The molecule has 3 N–H and O–H groups in total. The zero-order valence-electron chi connectivity index (χ0n) is 6.03. The Balaban J connectivity index is 2.64. The van der Waals surface area contributed by atoms with Crippen LogP contribution in [0.2, 0.25) is 4.34 Å². The molecule has 1 rings (SSSR count). The zero-order chi connectivity index (χ0) is 9.14. The van der Waals surface area contributed by atoms with E-state index >= 15 is 0 Å². The summed E-state index contributed by atoms with van der Waals surface area (Å²) < 4.78 is 0.506. The first-order valence-electron chi connectivity index (χ1n) is 3.17. The van der Waals surface area contributed by atoms with Crippen molar-refractivity contribution in [1.29, 1.82) is 0 Å². The van der Waals surface area contributed by atoms with Crippen LogP contribution in [-0.4, -0.2) is 22.1 Å². The predicted octanol–water partition coefficient (Wildman–Crippen LogP) is 0.751. The molecule has 1 atom stereocenters. The van der Waals surface area contributed by atoms with E-state index in [4.69, 9.17) is 22.4 Å². The van der Waals surface area contributed by atoms with Gasteiger partial charge in [-0.15, -0.1) is 11.3 Å². The predicted molar refractivity (Wildman–Crippen MR) is 46.4 cm³/mol. The lowest BCUT2D eigenvalue weighted by Crippen LogP contribution is -2.32. The highest BCUT2D eigenvalue weighted by atomic mass is 35.5. The van der Waals surface area contributed by atoms with E-state index in [1.54, 1.807) is 5.51 Å². The fraction of sp³-hybridized carbons (Fsp3) is 0.333. The molecule has 0 aliphatic carbocycles. The Bertz CT molecular complexity index is 289. The lowest BCUT2D eigenvalue weighted by atomic mass is 10.2. The number of aromatic nitrogens is 1. The van der Waals surface area contributed by atoms with Crippen LogP contribution in [-0.2, 0) is 11.2 Å². The molecule has 0 bridgehead atoms. The number of nitrogens with zero attached hydrogens (tertiary/aromatic N) is 1. The summed E-state index contributed by atoms with van der Waals surface area (Å²) in [5.74, 6) is -1.04. The van der Waals surface area contributed by atoms with E-state index in [-0.39, 0.29) is 6.42 Å². The summed E-state index contributed by atoms with van der Waals surface area (Å²) in [6, 6.07) is -0.926. The molecule has 1 unspecified atom stereocenters. The Morgan fingerprint density at radius 2 is 2.58 bits per heavy atom. The number of rotatable bonds is 3. The van der Waals surface area contributed by atoms with Gasteiger partial charge in [-0.25, -0.2) is 4.98 Å². The van der Waals surface area contributed by atoms with Crippen molar-refractivity contribution in [3.63, 3.8) is 0 Å². The molecule has 1 aromatic rings. The van der Waals surface area contributed by atoms with Gasteiger partial charge in [0, 0.05) is 6.42 Å². The van der Waals surface area contributed by atoms with Gasteiger partial charge in [0.05, 0.1) is 11.2 Å². The molecule has 0 saturated carbocycles. The van der Waals surface area contributed by atoms with Gasteiger partial charge in [-0.1, -0.05) is 11.6 Å². The highest BCUT2D eigenvalue weighted by Gasteiger charge is 2.15. The highest BCUT2D eigenvalue weighted by Crippen LogP contribution is 2.20. The summed E-state index contributed by atoms with van der Waals surface area (Å²) in [5.41, 5.74) is 7.40. The zero-order valence-corrected chi connectivity index (χ0v) is 7.60. The molecule has 0 amide bonds. The summed E-state index contributed by atoms with van der Waals surface area (Å²) in [5, 5.41) is 8.48. The lowest BCUT2D eigenvalue weighted by Gasteiger charge is -2.02. The lowest BCUT2D eigenvalue weighted by molar-refractivity contribution is -0.138. The Morgan fingerprint density at radius 3 is 3.00 bits per heavy atom. The SMILES string of the molecule is NC(Cc1ncsc1Cl)C(=O)O. The first-order valence-corrected chi connectivity index (χ1v) is 4.43. The van der Waals surface area contributed by atoms with Gasteiger partial charge in [0.1, 0.15) is 10.4 Å². The van der Waals surface area contributed by atoms with Crippen LogP contribution >= 0.6 is 22.9 Å². The van der Waals surface area contributed by atoms with Crippen LogP contribution in [0.1, 0.15) is 5.69 Å². The molecule has 0 fully saturated rings. The van der Waals surface area contributed by atoms with Crippen molar-refractivity contribution >= 4 is 28.9 Å². The van der Waals surface area contributed by atoms with Gasteiger partial charge in [0.25, 0.3) is 0 Å². The Kier molecular flexibility index (Phi) is 3.02. The van der Waals surface area contributed by atoms with Crippen molar-refractivity contribution in [3.8, 4) is 0 Å². The van der Waals surface area contributed by atoms with E-state index in [9.17, 15) is 4.79 Å². The van der Waals surface area contributed by atoms with Crippen molar-refractivity contribution in [2.45, 2.75) is 12.5 Å². The van der Waals surface area contributed by atoms with Gasteiger partial charge >= 0.3 is 5.97 Å². The minimum Gasteiger partial charge on any atom is -0.480 e. The molecular formula is C6H7ClN2O2S. The van der Waals surface area contributed by atoms with Gasteiger partial charge in [-0.2, -0.15) is 0 Å². The van der Waals surface area contributed by atoms with E-state index in [0.717, 1.165) is 0 Å². The number of carboxylic acids is 1. The molecule has 0 aliphatic rings. The van der Waals surface area contributed by atoms with Crippen molar-refractivity contribution in [3.05, 3.63) is 15.5 Å². The van der Waals surface area contributed by atoms with Crippen LogP contribution < -0.4 is 5.73 Å². The van der Waals surface area contributed by atoms with Crippen molar-refractivity contribution < 1.29 is 9.90 Å². The molecule has 0 radical (unpaired) electrons. The number of hydrogen-bond donors (Lipinski definition) is 2. The quantitative estimate of drug-likeness (QED) is 0.765. The normalized spacial score (nSPS) is 12.8. The van der Waals surface area contributed by atoms with Crippen molar-refractivity contribution in [2.24, 2.45) is 5.73 Å². The Morgan fingerprint density at radius 1 is 1.92 bits per heavy atom. The maximum absolute atomic E-state index is 10.3. The minimum atomic E-state index is -1.04. The van der Waals surface area contributed by atoms with Crippen molar-refractivity contribution in [1.82, 2.24) is 4.98 Å². The number of hydrogen-bond acceptors (Lipinski definition) is 4. The second-order valence-electron chi connectivity index (χ2n) is 2.22. The summed E-state index contributed by atoms with van der Waals surface area (Å²) in [6.07, 6.45) is 0.178. The number of halogens is 1. The molecule has 0 aliphatic heterocycles. The van der Waals surface area contributed by atoms with E-state index < -0.39 is 12.0 Å². The molecule has 1 heterocycles. The maximum Gasteiger partial charge on any atom is 0.320 e.